The van der Waals surface area contributed by atoms with Crippen LogP contribution in [-0.4, -0.2) is 16.0 Å². The van der Waals surface area contributed by atoms with E-state index in [4.69, 9.17) is 9.72 Å². The van der Waals surface area contributed by atoms with Gasteiger partial charge in [0, 0.05) is 17.8 Å². The molecule has 2 aromatic heterocycles. The fourth-order valence-corrected chi connectivity index (χ4v) is 2.19. The van der Waals surface area contributed by atoms with Crippen molar-refractivity contribution in [3.8, 4) is 5.75 Å². The molecule has 1 aliphatic carbocycles. The summed E-state index contributed by atoms with van der Waals surface area (Å²) in [7, 11) is 0. The lowest BCUT2D eigenvalue weighted by Crippen LogP contribution is -1.95. The molecule has 16 heavy (non-hydrogen) atoms. The van der Waals surface area contributed by atoms with Crippen LogP contribution >= 0.6 is 0 Å². The average Bonchev–Trinajstić information content (AvgIpc) is 3.06. The summed E-state index contributed by atoms with van der Waals surface area (Å²) in [5, 5.41) is 0. The number of aryl methyl sites for hydroxylation is 1. The summed E-state index contributed by atoms with van der Waals surface area (Å²) in [4.78, 5) is 4.73. The van der Waals surface area contributed by atoms with E-state index < -0.39 is 0 Å². The molecule has 0 aliphatic heterocycles. The molecule has 0 saturated heterocycles. The predicted molar refractivity (Wildman–Crippen MR) is 63.1 cm³/mol. The highest BCUT2D eigenvalue weighted by Gasteiger charge is 2.29. The third-order valence-electron chi connectivity index (χ3n) is 3.15. The van der Waals surface area contributed by atoms with Gasteiger partial charge in [-0.1, -0.05) is 0 Å². The fraction of sp³-hybridized carbons (Fsp3) is 0.462. The molecule has 1 aliphatic rings. The number of imidazole rings is 1. The molecule has 0 spiro atoms. The molecule has 0 bridgehead atoms. The van der Waals surface area contributed by atoms with Crippen molar-refractivity contribution in [1.29, 1.82) is 0 Å². The van der Waals surface area contributed by atoms with Gasteiger partial charge in [-0.15, -0.1) is 0 Å². The van der Waals surface area contributed by atoms with Crippen molar-refractivity contribution in [3.63, 3.8) is 0 Å². The second-order valence-electron chi connectivity index (χ2n) is 4.36. The first-order valence-electron chi connectivity index (χ1n) is 5.91. The Balaban J connectivity index is 2.19. The van der Waals surface area contributed by atoms with Crippen LogP contribution in [0.2, 0.25) is 0 Å². The second-order valence-corrected chi connectivity index (χ2v) is 4.36. The van der Waals surface area contributed by atoms with Gasteiger partial charge in [-0.05, 0) is 38.8 Å². The quantitative estimate of drug-likeness (QED) is 0.788. The van der Waals surface area contributed by atoms with Crippen LogP contribution in [0.3, 0.4) is 0 Å². The van der Waals surface area contributed by atoms with Crippen LogP contribution in [0, 0.1) is 6.92 Å². The number of pyridine rings is 1. The van der Waals surface area contributed by atoms with E-state index in [0.717, 1.165) is 11.4 Å². The lowest BCUT2D eigenvalue weighted by Gasteiger charge is -2.04. The topological polar surface area (TPSA) is 26.5 Å². The van der Waals surface area contributed by atoms with E-state index in [0.29, 0.717) is 12.5 Å². The van der Waals surface area contributed by atoms with Crippen LogP contribution < -0.4 is 4.74 Å². The minimum Gasteiger partial charge on any atom is -0.490 e. The van der Waals surface area contributed by atoms with Gasteiger partial charge in [0.15, 0.2) is 11.4 Å². The van der Waals surface area contributed by atoms with Gasteiger partial charge >= 0.3 is 0 Å². The van der Waals surface area contributed by atoms with Crippen LogP contribution in [0.4, 0.5) is 0 Å². The zero-order valence-electron chi connectivity index (χ0n) is 9.73. The van der Waals surface area contributed by atoms with Crippen LogP contribution in [0.1, 0.15) is 37.1 Å². The molecule has 1 saturated carbocycles. The zero-order chi connectivity index (χ0) is 11.1. The highest BCUT2D eigenvalue weighted by atomic mass is 16.5. The molecule has 0 radical (unpaired) electrons. The third-order valence-corrected chi connectivity index (χ3v) is 3.15. The molecule has 2 heterocycles. The van der Waals surface area contributed by atoms with Gasteiger partial charge in [0.2, 0.25) is 0 Å². The number of nitrogens with zero attached hydrogens (tertiary/aromatic N) is 2. The lowest BCUT2D eigenvalue weighted by atomic mass is 10.2. The third kappa shape index (κ3) is 1.39. The minimum atomic E-state index is 0.685. The van der Waals surface area contributed by atoms with Gasteiger partial charge in [0.25, 0.3) is 0 Å². The van der Waals surface area contributed by atoms with E-state index >= 15 is 0 Å². The van der Waals surface area contributed by atoms with Crippen molar-refractivity contribution in [3.05, 3.63) is 29.7 Å². The summed E-state index contributed by atoms with van der Waals surface area (Å²) in [5.74, 6) is 1.58. The van der Waals surface area contributed by atoms with E-state index in [-0.39, 0.29) is 0 Å². The lowest BCUT2D eigenvalue weighted by molar-refractivity contribution is 0.342. The van der Waals surface area contributed by atoms with Gasteiger partial charge in [0.05, 0.1) is 12.3 Å². The van der Waals surface area contributed by atoms with Gasteiger partial charge in [-0.2, -0.15) is 0 Å². The first kappa shape index (κ1) is 9.70. The van der Waals surface area contributed by atoms with E-state index in [1.807, 2.05) is 19.1 Å². The molecule has 0 unspecified atom stereocenters. The molecular weight excluding hydrogens is 200 g/mol. The number of fused-ring (bicyclic) bond motifs is 1. The molecule has 0 atom stereocenters. The van der Waals surface area contributed by atoms with Crippen molar-refractivity contribution in [1.82, 2.24) is 9.38 Å². The fourth-order valence-electron chi connectivity index (χ4n) is 2.19. The molecule has 0 aromatic carbocycles. The monoisotopic (exact) mass is 216 g/mol. The summed E-state index contributed by atoms with van der Waals surface area (Å²) in [6.07, 6.45) is 4.63. The largest absolute Gasteiger partial charge is 0.490 e. The van der Waals surface area contributed by atoms with Crippen molar-refractivity contribution in [2.75, 3.05) is 6.61 Å². The van der Waals surface area contributed by atoms with Crippen LogP contribution in [0.5, 0.6) is 5.75 Å². The van der Waals surface area contributed by atoms with Crippen LogP contribution in [-0.2, 0) is 0 Å². The average molecular weight is 216 g/mol. The van der Waals surface area contributed by atoms with E-state index in [9.17, 15) is 0 Å². The maximum absolute atomic E-state index is 5.60. The zero-order valence-corrected chi connectivity index (χ0v) is 9.73. The first-order chi connectivity index (χ1) is 7.81. The maximum Gasteiger partial charge on any atom is 0.180 e. The highest BCUT2D eigenvalue weighted by Crippen LogP contribution is 2.41. The standard InChI is InChI=1S/C13H16N2O/c1-3-16-11-5-4-8-15-9(2)12(10-6-7-10)14-13(11)15/h4-5,8,10H,3,6-7H2,1-2H3. The Bertz CT molecular complexity index is 526. The number of hydrogen-bond donors (Lipinski definition) is 0. The molecule has 0 N–H and O–H groups in total. The van der Waals surface area contributed by atoms with Crippen molar-refractivity contribution in [2.24, 2.45) is 0 Å². The Labute approximate surface area is 95.1 Å². The summed E-state index contributed by atoms with van der Waals surface area (Å²) < 4.78 is 7.74. The molecule has 0 amide bonds. The minimum absolute atomic E-state index is 0.685. The van der Waals surface area contributed by atoms with Crippen LogP contribution in [0.25, 0.3) is 5.65 Å². The molecule has 3 heteroatoms. The Morgan fingerprint density at radius 1 is 1.50 bits per heavy atom. The predicted octanol–water partition coefficient (Wildman–Crippen LogP) is 2.92. The molecule has 84 valence electrons. The Morgan fingerprint density at radius 2 is 2.31 bits per heavy atom. The Morgan fingerprint density at radius 3 is 3.00 bits per heavy atom. The normalized spacial score (nSPS) is 15.6. The first-order valence-corrected chi connectivity index (χ1v) is 5.91. The van der Waals surface area contributed by atoms with Gasteiger partial charge < -0.3 is 9.14 Å². The number of aromatic nitrogens is 2. The molecule has 2 aromatic rings. The summed E-state index contributed by atoms with van der Waals surface area (Å²) in [6, 6.07) is 4.01. The smallest absolute Gasteiger partial charge is 0.180 e. The maximum atomic E-state index is 5.60. The highest BCUT2D eigenvalue weighted by molar-refractivity contribution is 5.56. The number of ether oxygens (including phenoxy) is 1. The van der Waals surface area contributed by atoms with Gasteiger partial charge in [-0.25, -0.2) is 4.98 Å². The van der Waals surface area contributed by atoms with Crippen molar-refractivity contribution in [2.45, 2.75) is 32.6 Å². The molecule has 3 nitrogen and oxygen atoms in total. The Kier molecular flexibility index (Phi) is 2.13. The van der Waals surface area contributed by atoms with E-state index in [1.165, 1.54) is 24.2 Å². The summed E-state index contributed by atoms with van der Waals surface area (Å²) in [5.41, 5.74) is 3.48. The Hall–Kier alpha value is -1.51. The second kappa shape index (κ2) is 3.51. The number of hydrogen-bond acceptors (Lipinski definition) is 2. The van der Waals surface area contributed by atoms with Gasteiger partial charge in [-0.3, -0.25) is 0 Å². The summed E-state index contributed by atoms with van der Waals surface area (Å²) >= 11 is 0. The van der Waals surface area contributed by atoms with Crippen LogP contribution in [0.15, 0.2) is 18.3 Å². The molecule has 3 rings (SSSR count). The van der Waals surface area contributed by atoms with Crippen molar-refractivity contribution >= 4 is 5.65 Å². The summed E-state index contributed by atoms with van der Waals surface area (Å²) in [6.45, 7) is 4.83. The van der Waals surface area contributed by atoms with Gasteiger partial charge in [0.1, 0.15) is 0 Å². The molecule has 1 fully saturated rings. The van der Waals surface area contributed by atoms with Crippen molar-refractivity contribution < 1.29 is 4.74 Å². The molecular formula is C13H16N2O. The SMILES string of the molecule is CCOc1cccn2c(C)c(C3CC3)nc12. The van der Waals surface area contributed by atoms with E-state index in [1.54, 1.807) is 0 Å². The van der Waals surface area contributed by atoms with E-state index in [2.05, 4.69) is 17.5 Å². The number of rotatable bonds is 3.